The van der Waals surface area contributed by atoms with Crippen LogP contribution in [0, 0.1) is 56.8 Å². The number of halogens is 1. The average Bonchev–Trinajstić information content (AvgIpc) is 3.33. The van der Waals surface area contributed by atoms with Crippen molar-refractivity contribution < 1.29 is 14.4 Å². The number of imidazole rings is 1. The van der Waals surface area contributed by atoms with Gasteiger partial charge in [-0.1, -0.05) is 60.1 Å². The molecule has 7 atom stereocenters. The van der Waals surface area contributed by atoms with Gasteiger partial charge in [-0.15, -0.1) is 0 Å². The van der Waals surface area contributed by atoms with E-state index >= 15 is 0 Å². The first-order valence-corrected chi connectivity index (χ1v) is 15.9. The van der Waals surface area contributed by atoms with Gasteiger partial charge in [0.05, 0.1) is 12.0 Å². The molecule has 0 spiro atoms. The second kappa shape index (κ2) is 8.62. The number of carbonyl (C=O) groups is 3. The van der Waals surface area contributed by atoms with Gasteiger partial charge in [0.1, 0.15) is 10.9 Å². The van der Waals surface area contributed by atoms with Crippen LogP contribution in [0.4, 0.5) is 0 Å². The van der Waals surface area contributed by atoms with Crippen LogP contribution in [-0.4, -0.2) is 27.0 Å². The van der Waals surface area contributed by atoms with E-state index in [-0.39, 0.29) is 57.2 Å². The van der Waals surface area contributed by atoms with Crippen LogP contribution in [-0.2, 0) is 9.59 Å². The summed E-state index contributed by atoms with van der Waals surface area (Å²) in [4.78, 5) is 50.2. The second-order valence-corrected chi connectivity index (χ2v) is 16.6. The first-order valence-electron chi connectivity index (χ1n) is 15.1. The zero-order valence-electron chi connectivity index (χ0n) is 25.4. The number of rotatable bonds is 1. The fourth-order valence-electron chi connectivity index (χ4n) is 10.6. The topological polar surface area (TPSA) is 73.4 Å². The second-order valence-electron chi connectivity index (χ2n) is 15.8. The highest BCUT2D eigenvalue weighted by molar-refractivity contribution is 9.10. The van der Waals surface area contributed by atoms with Gasteiger partial charge in [0.25, 0.3) is 0 Å². The fraction of sp³-hybridized carbons (Fsp3) is 0.676. The molecule has 0 aromatic carbocycles. The zero-order chi connectivity index (χ0) is 30.0. The number of aromatic nitrogens is 2. The van der Waals surface area contributed by atoms with Gasteiger partial charge >= 0.3 is 0 Å². The van der Waals surface area contributed by atoms with Crippen molar-refractivity contribution in [1.29, 1.82) is 0 Å². The van der Waals surface area contributed by atoms with Crippen molar-refractivity contribution in [2.45, 2.75) is 93.4 Å². The molecule has 5 aliphatic carbocycles. The van der Waals surface area contributed by atoms with Gasteiger partial charge in [-0.25, -0.2) is 9.83 Å². The van der Waals surface area contributed by atoms with E-state index in [2.05, 4.69) is 60.4 Å². The molecule has 0 saturated heterocycles. The minimum absolute atomic E-state index is 0.0258. The molecule has 0 bridgehead atoms. The van der Waals surface area contributed by atoms with Crippen LogP contribution in [0.25, 0.3) is 4.85 Å². The molecule has 3 saturated carbocycles. The maximum atomic E-state index is 14.6. The smallest absolute Gasteiger partial charge is 0.238 e. The van der Waals surface area contributed by atoms with Crippen LogP contribution in [0.2, 0.25) is 0 Å². The Labute approximate surface area is 252 Å². The number of hydrogen-bond donors (Lipinski definition) is 0. The lowest BCUT2D eigenvalue weighted by Crippen LogP contribution is -2.66. The molecule has 0 amide bonds. The van der Waals surface area contributed by atoms with E-state index in [9.17, 15) is 14.4 Å². The molecule has 6 rings (SSSR count). The Balaban J connectivity index is 1.52. The summed E-state index contributed by atoms with van der Waals surface area (Å²) in [7, 11) is 0. The van der Waals surface area contributed by atoms with Crippen LogP contribution in [0.3, 0.4) is 0 Å². The monoisotopic (exact) mass is 619 g/mol. The van der Waals surface area contributed by atoms with Gasteiger partial charge in [-0.2, -0.15) is 0 Å². The fourth-order valence-corrected chi connectivity index (χ4v) is 11.0. The van der Waals surface area contributed by atoms with Crippen molar-refractivity contribution in [1.82, 2.24) is 9.55 Å². The zero-order valence-corrected chi connectivity index (χ0v) is 27.0. The number of ketones is 2. The van der Waals surface area contributed by atoms with Crippen LogP contribution in [0.5, 0.6) is 0 Å². The van der Waals surface area contributed by atoms with Gasteiger partial charge in [0.15, 0.2) is 11.6 Å². The molecule has 2 unspecified atom stereocenters. The van der Waals surface area contributed by atoms with Gasteiger partial charge in [0, 0.05) is 22.9 Å². The number of hydrogen-bond acceptors (Lipinski definition) is 4. The van der Waals surface area contributed by atoms with E-state index in [1.54, 1.807) is 17.1 Å². The van der Waals surface area contributed by atoms with Crippen molar-refractivity contribution in [2.75, 3.05) is 0 Å². The van der Waals surface area contributed by atoms with Crippen LogP contribution >= 0.6 is 15.9 Å². The molecule has 3 fully saturated rings. The summed E-state index contributed by atoms with van der Waals surface area (Å²) >= 11 is 3.41. The highest BCUT2D eigenvalue weighted by Crippen LogP contribution is 2.74. The van der Waals surface area contributed by atoms with Crippen LogP contribution < -0.4 is 0 Å². The van der Waals surface area contributed by atoms with Crippen LogP contribution in [0.1, 0.15) is 98.2 Å². The first kappa shape index (κ1) is 28.8. The Morgan fingerprint density at radius 3 is 2.37 bits per heavy atom. The predicted molar refractivity (Wildman–Crippen MR) is 160 cm³/mol. The van der Waals surface area contributed by atoms with E-state index in [1.807, 2.05) is 26.0 Å². The van der Waals surface area contributed by atoms with Crippen molar-refractivity contribution in [2.24, 2.45) is 50.2 Å². The van der Waals surface area contributed by atoms with E-state index in [4.69, 9.17) is 6.57 Å². The molecule has 1 aromatic heterocycles. The molecule has 1 heterocycles. The van der Waals surface area contributed by atoms with Gasteiger partial charge in [-0.05, 0) is 95.0 Å². The SMILES string of the molecule is [C-]#[N+]C1=C[C@]2(C)C3=CC(=O)C4C5CC(C)(C)CC[C@]5(C(=O)n5cnc(Br)c5)CC[C@@]4(C)[C@]3(C)CC[C@H]2C(C)(C)C1=O. The summed E-state index contributed by atoms with van der Waals surface area (Å²) in [5, 5.41) is 0. The van der Waals surface area contributed by atoms with Crippen molar-refractivity contribution in [3.8, 4) is 0 Å². The highest BCUT2D eigenvalue weighted by atomic mass is 79.9. The van der Waals surface area contributed by atoms with E-state index in [1.165, 1.54) is 0 Å². The minimum Gasteiger partial charge on any atom is -0.307 e. The lowest BCUT2D eigenvalue weighted by molar-refractivity contribution is -0.164. The molecule has 6 nitrogen and oxygen atoms in total. The molecule has 41 heavy (non-hydrogen) atoms. The summed E-state index contributed by atoms with van der Waals surface area (Å²) in [6.07, 6.45) is 13.0. The third kappa shape index (κ3) is 3.58. The molecule has 1 aromatic rings. The third-order valence-corrected chi connectivity index (χ3v) is 13.5. The Kier molecular flexibility index (Phi) is 6.05. The number of allylic oxidation sites excluding steroid dienone is 4. The summed E-state index contributed by atoms with van der Waals surface area (Å²) in [5.74, 6) is -0.187. The quantitative estimate of drug-likeness (QED) is 0.300. The molecule has 7 heteroatoms. The van der Waals surface area contributed by atoms with E-state index in [0.29, 0.717) is 4.60 Å². The van der Waals surface area contributed by atoms with Crippen molar-refractivity contribution >= 4 is 33.4 Å². The molecule has 0 aliphatic heterocycles. The molecular weight excluding hydrogens is 578 g/mol. The van der Waals surface area contributed by atoms with Gasteiger partial charge < -0.3 is 4.79 Å². The predicted octanol–water partition coefficient (Wildman–Crippen LogP) is 7.86. The molecule has 0 N–H and O–H groups in total. The molecule has 5 aliphatic rings. The van der Waals surface area contributed by atoms with Crippen LogP contribution in [0.15, 0.2) is 40.5 Å². The largest absolute Gasteiger partial charge is 0.307 e. The highest BCUT2D eigenvalue weighted by Gasteiger charge is 2.70. The van der Waals surface area contributed by atoms with Crippen molar-refractivity contribution in [3.05, 3.63) is 52.0 Å². The first-order chi connectivity index (χ1) is 19.0. The molecular formula is C34H42BrN3O3. The maximum Gasteiger partial charge on any atom is 0.238 e. The van der Waals surface area contributed by atoms with Gasteiger partial charge in [-0.3, -0.25) is 14.2 Å². The number of fused-ring (bicyclic) bond motifs is 7. The summed E-state index contributed by atoms with van der Waals surface area (Å²) in [6, 6.07) is 0. The Morgan fingerprint density at radius 1 is 1.05 bits per heavy atom. The summed E-state index contributed by atoms with van der Waals surface area (Å²) in [6.45, 7) is 23.1. The van der Waals surface area contributed by atoms with E-state index in [0.717, 1.165) is 50.5 Å². The van der Waals surface area contributed by atoms with Gasteiger partial charge in [0.2, 0.25) is 11.6 Å². The normalized spacial score (nSPS) is 42.5. The lowest BCUT2D eigenvalue weighted by Gasteiger charge is -2.69. The standard InChI is InChI=1S/C34H42BrN3O3/c1-29(2)11-13-34(28(41)38-18-25(35)37-19-38)14-12-33(7)26(20(34)16-29)22(39)15-24-31(5)17-21(36-8)27(40)30(3,4)23(31)9-10-32(24,33)6/h15,17-20,23,26H,9-14,16H2,1-7H3/t20?,23-,26?,31-,32+,33+,34-/m0/s1. The molecule has 218 valence electrons. The number of nitrogens with zero attached hydrogens (tertiary/aromatic N) is 3. The van der Waals surface area contributed by atoms with Crippen molar-refractivity contribution in [3.63, 3.8) is 0 Å². The summed E-state index contributed by atoms with van der Waals surface area (Å²) in [5.41, 5.74) is -1.11. The minimum atomic E-state index is -0.674. The van der Waals surface area contributed by atoms with E-state index < -0.39 is 16.2 Å². The maximum absolute atomic E-state index is 14.6. The molecule has 0 radical (unpaired) electrons. The third-order valence-electron chi connectivity index (χ3n) is 13.1. The summed E-state index contributed by atoms with van der Waals surface area (Å²) < 4.78 is 2.27. The number of carbonyl (C=O) groups excluding carboxylic acids is 3. The number of Topliss-reactive ketones (excluding diaryl/α,β-unsaturated/α-hetero) is 1. The lowest BCUT2D eigenvalue weighted by atomic mass is 9.34. The Bertz CT molecular complexity index is 1490. The average molecular weight is 621 g/mol. The Hall–Kier alpha value is -2.33. The Morgan fingerprint density at radius 2 is 1.73 bits per heavy atom.